The third kappa shape index (κ3) is 4.15. The van der Waals surface area contributed by atoms with Gasteiger partial charge in [0.2, 0.25) is 6.41 Å². The molecule has 1 heterocycles. The smallest absolute Gasteiger partial charge is 0.327 e. The lowest BCUT2D eigenvalue weighted by atomic mass is 10.3. The zero-order valence-electron chi connectivity index (χ0n) is 8.18. The Labute approximate surface area is 110 Å². The van der Waals surface area contributed by atoms with Crippen molar-refractivity contribution in [1.29, 1.82) is 0 Å². The van der Waals surface area contributed by atoms with Gasteiger partial charge in [-0.15, -0.1) is 11.3 Å². The average Bonchev–Trinajstić information content (AvgIpc) is 2.63. The van der Waals surface area contributed by atoms with Crippen LogP contribution < -0.4 is 5.32 Å². The highest BCUT2D eigenvalue weighted by Gasteiger charge is 2.16. The van der Waals surface area contributed by atoms with Crippen molar-refractivity contribution < 1.29 is 14.7 Å². The summed E-state index contributed by atoms with van der Waals surface area (Å²) in [6.45, 7) is 0. The lowest BCUT2D eigenvalue weighted by Crippen LogP contribution is -2.37. The number of thiophene rings is 1. The second-order valence-corrected chi connectivity index (χ2v) is 5.77. The standard InChI is InChI=1S/C9H10BrNO3S2/c10-6-1-2-16-8(6)4-15-3-7(9(13)14)11-5-12/h1-2,5,7H,3-4H2,(H,11,12)(H,13,14). The Balaban J connectivity index is 2.36. The molecule has 16 heavy (non-hydrogen) atoms. The molecule has 1 aromatic rings. The fraction of sp³-hybridized carbons (Fsp3) is 0.333. The number of hydrogen-bond donors (Lipinski definition) is 2. The van der Waals surface area contributed by atoms with Crippen LogP contribution in [0.4, 0.5) is 0 Å². The molecule has 88 valence electrons. The molecule has 1 rings (SSSR count). The Bertz CT molecular complexity index is 369. The number of carbonyl (C=O) groups is 2. The number of carboxylic acid groups (broad SMARTS) is 1. The Morgan fingerprint density at radius 1 is 1.75 bits per heavy atom. The molecule has 1 atom stereocenters. The van der Waals surface area contributed by atoms with Crippen molar-refractivity contribution in [3.63, 3.8) is 0 Å². The van der Waals surface area contributed by atoms with Gasteiger partial charge in [0.15, 0.2) is 0 Å². The molecule has 1 amide bonds. The summed E-state index contributed by atoms with van der Waals surface area (Å²) in [5.74, 6) is 0.0888. The van der Waals surface area contributed by atoms with Crippen molar-refractivity contribution in [3.8, 4) is 0 Å². The minimum absolute atomic E-state index is 0.360. The highest BCUT2D eigenvalue weighted by molar-refractivity contribution is 9.10. The number of carboxylic acids is 1. The van der Waals surface area contributed by atoms with E-state index in [1.807, 2.05) is 11.4 Å². The van der Waals surface area contributed by atoms with Gasteiger partial charge in [0.25, 0.3) is 0 Å². The fourth-order valence-electron chi connectivity index (χ4n) is 0.970. The number of nitrogens with one attached hydrogen (secondary N) is 1. The summed E-state index contributed by atoms with van der Waals surface area (Å²) < 4.78 is 1.04. The first-order chi connectivity index (χ1) is 7.65. The van der Waals surface area contributed by atoms with Gasteiger partial charge in [-0.2, -0.15) is 11.8 Å². The quantitative estimate of drug-likeness (QED) is 0.752. The van der Waals surface area contributed by atoms with E-state index in [-0.39, 0.29) is 0 Å². The van der Waals surface area contributed by atoms with E-state index in [0.29, 0.717) is 12.2 Å². The van der Waals surface area contributed by atoms with Gasteiger partial charge >= 0.3 is 5.97 Å². The molecule has 0 aromatic carbocycles. The van der Waals surface area contributed by atoms with E-state index >= 15 is 0 Å². The number of carbonyl (C=O) groups excluding carboxylic acids is 1. The molecule has 0 aliphatic heterocycles. The first-order valence-electron chi connectivity index (χ1n) is 4.37. The molecule has 0 fully saturated rings. The summed E-state index contributed by atoms with van der Waals surface area (Å²) in [7, 11) is 0. The Morgan fingerprint density at radius 3 is 3.00 bits per heavy atom. The van der Waals surface area contributed by atoms with Crippen LogP contribution in [0.15, 0.2) is 15.9 Å². The summed E-state index contributed by atoms with van der Waals surface area (Å²) in [6, 6.07) is 1.14. The average molecular weight is 324 g/mol. The predicted octanol–water partition coefficient (Wildman–Crippen LogP) is 1.94. The number of halogens is 1. The minimum atomic E-state index is -1.01. The maximum atomic E-state index is 10.7. The van der Waals surface area contributed by atoms with Crippen LogP contribution in [0.1, 0.15) is 4.88 Å². The number of amides is 1. The van der Waals surface area contributed by atoms with Crippen LogP contribution in [0, 0.1) is 0 Å². The van der Waals surface area contributed by atoms with Crippen molar-refractivity contribution >= 4 is 51.4 Å². The van der Waals surface area contributed by atoms with E-state index < -0.39 is 12.0 Å². The second kappa shape index (κ2) is 6.93. The van der Waals surface area contributed by atoms with Crippen LogP contribution in [0.25, 0.3) is 0 Å². The van der Waals surface area contributed by atoms with E-state index in [0.717, 1.165) is 10.2 Å². The van der Waals surface area contributed by atoms with Crippen LogP contribution in [0.3, 0.4) is 0 Å². The van der Waals surface area contributed by atoms with Crippen molar-refractivity contribution in [2.24, 2.45) is 0 Å². The van der Waals surface area contributed by atoms with Crippen molar-refractivity contribution in [2.75, 3.05) is 5.75 Å². The lowest BCUT2D eigenvalue weighted by molar-refractivity contribution is -0.139. The molecular formula is C9H10BrNO3S2. The predicted molar refractivity (Wildman–Crippen MR) is 68.8 cm³/mol. The van der Waals surface area contributed by atoms with Gasteiger partial charge in [0, 0.05) is 20.9 Å². The van der Waals surface area contributed by atoms with Crippen LogP contribution in [0.5, 0.6) is 0 Å². The van der Waals surface area contributed by atoms with Crippen LogP contribution in [-0.2, 0) is 15.3 Å². The summed E-state index contributed by atoms with van der Waals surface area (Å²) in [6.07, 6.45) is 0.417. The first-order valence-corrected chi connectivity index (χ1v) is 7.20. The summed E-state index contributed by atoms with van der Waals surface area (Å²) >= 11 is 6.50. The van der Waals surface area contributed by atoms with Crippen LogP contribution in [0.2, 0.25) is 0 Å². The largest absolute Gasteiger partial charge is 0.480 e. The molecular weight excluding hydrogens is 314 g/mol. The molecule has 0 saturated carbocycles. The lowest BCUT2D eigenvalue weighted by Gasteiger charge is -2.09. The van der Waals surface area contributed by atoms with E-state index in [1.54, 1.807) is 11.3 Å². The van der Waals surface area contributed by atoms with Crippen molar-refractivity contribution in [3.05, 3.63) is 20.8 Å². The Morgan fingerprint density at radius 2 is 2.50 bits per heavy atom. The van der Waals surface area contributed by atoms with Crippen molar-refractivity contribution in [1.82, 2.24) is 5.32 Å². The van der Waals surface area contributed by atoms with Crippen LogP contribution >= 0.6 is 39.0 Å². The van der Waals surface area contributed by atoms with E-state index in [2.05, 4.69) is 21.2 Å². The van der Waals surface area contributed by atoms with E-state index in [9.17, 15) is 9.59 Å². The molecule has 0 saturated heterocycles. The minimum Gasteiger partial charge on any atom is -0.480 e. The summed E-state index contributed by atoms with van der Waals surface area (Å²) in [4.78, 5) is 22.1. The van der Waals surface area contributed by atoms with Gasteiger partial charge in [-0.25, -0.2) is 4.79 Å². The van der Waals surface area contributed by atoms with Gasteiger partial charge in [0.1, 0.15) is 6.04 Å². The molecule has 2 N–H and O–H groups in total. The Kier molecular flexibility index (Phi) is 5.86. The highest BCUT2D eigenvalue weighted by Crippen LogP contribution is 2.27. The highest BCUT2D eigenvalue weighted by atomic mass is 79.9. The molecule has 7 heteroatoms. The number of aliphatic carboxylic acids is 1. The maximum Gasteiger partial charge on any atom is 0.327 e. The van der Waals surface area contributed by atoms with E-state index in [4.69, 9.17) is 5.11 Å². The monoisotopic (exact) mass is 323 g/mol. The second-order valence-electron chi connectivity index (χ2n) is 2.88. The van der Waals surface area contributed by atoms with Crippen molar-refractivity contribution in [2.45, 2.75) is 11.8 Å². The first kappa shape index (κ1) is 13.5. The maximum absolute atomic E-state index is 10.7. The summed E-state index contributed by atoms with van der Waals surface area (Å²) in [5, 5.41) is 13.0. The number of hydrogen-bond acceptors (Lipinski definition) is 4. The third-order valence-electron chi connectivity index (χ3n) is 1.78. The SMILES string of the molecule is O=CNC(CSCc1sccc1Br)C(=O)O. The molecule has 0 aliphatic carbocycles. The Hall–Kier alpha value is -0.530. The third-order valence-corrected chi connectivity index (χ3v) is 4.95. The van der Waals surface area contributed by atoms with Gasteiger partial charge in [-0.05, 0) is 27.4 Å². The topological polar surface area (TPSA) is 66.4 Å². The van der Waals surface area contributed by atoms with Gasteiger partial charge in [-0.1, -0.05) is 0 Å². The fourth-order valence-corrected chi connectivity index (χ4v) is 3.89. The summed E-state index contributed by atoms with van der Waals surface area (Å²) in [5.41, 5.74) is 0. The molecule has 0 spiro atoms. The van der Waals surface area contributed by atoms with Gasteiger partial charge in [-0.3, -0.25) is 4.79 Å². The number of thioether (sulfide) groups is 1. The molecule has 0 radical (unpaired) electrons. The van der Waals surface area contributed by atoms with Crippen LogP contribution in [-0.4, -0.2) is 29.3 Å². The molecule has 1 aromatic heterocycles. The van der Waals surface area contributed by atoms with E-state index in [1.165, 1.54) is 16.6 Å². The molecule has 1 unspecified atom stereocenters. The zero-order valence-corrected chi connectivity index (χ0v) is 11.4. The molecule has 0 bridgehead atoms. The molecule has 4 nitrogen and oxygen atoms in total. The molecule has 0 aliphatic rings. The normalized spacial score (nSPS) is 12.1. The van der Waals surface area contributed by atoms with Gasteiger partial charge < -0.3 is 10.4 Å². The number of rotatable bonds is 7. The van der Waals surface area contributed by atoms with Gasteiger partial charge in [0.05, 0.1) is 0 Å². The zero-order chi connectivity index (χ0) is 12.0.